The summed E-state index contributed by atoms with van der Waals surface area (Å²) in [6.07, 6.45) is -3.14. The van der Waals surface area contributed by atoms with Crippen molar-refractivity contribution >= 4 is 17.1 Å². The number of fused-ring (bicyclic) bond motifs is 1. The maximum Gasteiger partial charge on any atom is 0.416 e. The van der Waals surface area contributed by atoms with Gasteiger partial charge in [-0.25, -0.2) is 9.78 Å². The van der Waals surface area contributed by atoms with Crippen LogP contribution in [-0.4, -0.2) is 49.4 Å². The van der Waals surface area contributed by atoms with Crippen molar-refractivity contribution in [3.05, 3.63) is 46.5 Å². The maximum atomic E-state index is 12.9. The second-order valence-electron chi connectivity index (χ2n) is 8.67. The Balaban J connectivity index is 1.70. The van der Waals surface area contributed by atoms with Crippen molar-refractivity contribution in [3.8, 4) is 11.3 Å². The summed E-state index contributed by atoms with van der Waals surface area (Å²) in [6.45, 7) is 6.05. The number of ether oxygens (including phenoxy) is 1. The molecule has 1 saturated heterocycles. The zero-order valence-electron chi connectivity index (χ0n) is 17.7. The van der Waals surface area contributed by atoms with Gasteiger partial charge in [-0.1, -0.05) is 12.1 Å². The highest BCUT2D eigenvalue weighted by Crippen LogP contribution is 2.33. The molecule has 0 saturated carbocycles. The van der Waals surface area contributed by atoms with Gasteiger partial charge in [0.2, 0.25) is 0 Å². The molecule has 1 aliphatic rings. The molecule has 0 spiro atoms. The van der Waals surface area contributed by atoms with Crippen LogP contribution in [0.3, 0.4) is 0 Å². The van der Waals surface area contributed by atoms with Crippen LogP contribution in [0.5, 0.6) is 0 Å². The third-order valence-corrected chi connectivity index (χ3v) is 5.14. The van der Waals surface area contributed by atoms with Crippen LogP contribution in [0.4, 0.5) is 18.0 Å². The molecule has 2 aromatic heterocycles. The minimum atomic E-state index is -4.45. The number of amides is 1. The molecule has 1 fully saturated rings. The molecule has 11 heteroatoms. The van der Waals surface area contributed by atoms with Crippen LogP contribution in [-0.2, 0) is 10.9 Å². The van der Waals surface area contributed by atoms with Gasteiger partial charge in [0, 0.05) is 18.7 Å². The Hall–Kier alpha value is -3.37. The Kier molecular flexibility index (Phi) is 5.22. The number of H-pyrrole nitrogens is 1. The van der Waals surface area contributed by atoms with Gasteiger partial charge in [-0.2, -0.15) is 18.3 Å². The predicted octanol–water partition coefficient (Wildman–Crippen LogP) is 3.99. The minimum absolute atomic E-state index is 0.207. The van der Waals surface area contributed by atoms with Crippen molar-refractivity contribution in [2.75, 3.05) is 13.1 Å². The summed E-state index contributed by atoms with van der Waals surface area (Å²) >= 11 is 0. The average Bonchev–Trinajstić information content (AvgIpc) is 3.32. The molecular formula is C21H22F3N5O3. The second kappa shape index (κ2) is 7.64. The average molecular weight is 449 g/mol. The van der Waals surface area contributed by atoms with Crippen LogP contribution in [0, 0.1) is 0 Å². The molecule has 0 radical (unpaired) electrons. The normalized spacial score (nSPS) is 17.2. The summed E-state index contributed by atoms with van der Waals surface area (Å²) in [6, 6.07) is 4.23. The zero-order chi connectivity index (χ0) is 23.3. The summed E-state index contributed by atoms with van der Waals surface area (Å²) in [7, 11) is 0. The number of aromatic nitrogens is 4. The van der Waals surface area contributed by atoms with Gasteiger partial charge < -0.3 is 14.6 Å². The van der Waals surface area contributed by atoms with Crippen LogP contribution in [0.15, 0.2) is 35.4 Å². The predicted molar refractivity (Wildman–Crippen MR) is 110 cm³/mol. The summed E-state index contributed by atoms with van der Waals surface area (Å²) in [5, 5.41) is 4.54. The van der Waals surface area contributed by atoms with E-state index in [4.69, 9.17) is 4.74 Å². The SMILES string of the molecule is CC(C)(C)OC(=O)N1CCC(n2nc(-c3ccc(C(F)(F)F)cc3)c3nc[nH]c(=O)c32)C1. The second-order valence-corrected chi connectivity index (χ2v) is 8.67. The van der Waals surface area contributed by atoms with Crippen LogP contribution >= 0.6 is 0 Å². The Bertz CT molecular complexity index is 1210. The fourth-order valence-electron chi connectivity index (χ4n) is 3.69. The van der Waals surface area contributed by atoms with Gasteiger partial charge in [0.15, 0.2) is 5.52 Å². The molecule has 1 amide bonds. The Morgan fingerprint density at radius 2 is 1.88 bits per heavy atom. The molecule has 3 aromatic rings. The number of rotatable bonds is 2. The summed E-state index contributed by atoms with van der Waals surface area (Å²) in [5.41, 5.74) is -0.638. The molecule has 8 nitrogen and oxygen atoms in total. The van der Waals surface area contributed by atoms with E-state index < -0.39 is 29.0 Å². The fourth-order valence-corrected chi connectivity index (χ4v) is 3.69. The van der Waals surface area contributed by atoms with Gasteiger partial charge in [-0.15, -0.1) is 0 Å². The maximum absolute atomic E-state index is 12.9. The van der Waals surface area contributed by atoms with E-state index in [1.165, 1.54) is 23.1 Å². The van der Waals surface area contributed by atoms with E-state index in [0.29, 0.717) is 24.2 Å². The first-order chi connectivity index (χ1) is 14.9. The molecular weight excluding hydrogens is 427 g/mol. The first-order valence-corrected chi connectivity index (χ1v) is 10.1. The third kappa shape index (κ3) is 4.19. The van der Waals surface area contributed by atoms with Crippen LogP contribution in [0.2, 0.25) is 0 Å². The monoisotopic (exact) mass is 449 g/mol. The van der Waals surface area contributed by atoms with Crippen molar-refractivity contribution in [1.29, 1.82) is 0 Å². The lowest BCUT2D eigenvalue weighted by Gasteiger charge is -2.24. The number of aromatic amines is 1. The van der Waals surface area contributed by atoms with E-state index in [1.54, 1.807) is 25.7 Å². The van der Waals surface area contributed by atoms with Crippen molar-refractivity contribution in [1.82, 2.24) is 24.6 Å². The molecule has 1 atom stereocenters. The van der Waals surface area contributed by atoms with Crippen molar-refractivity contribution in [2.24, 2.45) is 0 Å². The van der Waals surface area contributed by atoms with Gasteiger partial charge in [0.1, 0.15) is 16.8 Å². The van der Waals surface area contributed by atoms with E-state index in [-0.39, 0.29) is 23.6 Å². The number of benzene rings is 1. The highest BCUT2D eigenvalue weighted by atomic mass is 19.4. The standard InChI is InChI=1S/C21H22F3N5O3/c1-20(2,3)32-19(31)28-9-8-14(10-28)29-17-16(25-11-26-18(17)30)15(27-29)12-4-6-13(7-5-12)21(22,23)24/h4-7,11,14H,8-10H2,1-3H3,(H,25,26,30). The molecule has 1 aliphatic heterocycles. The summed E-state index contributed by atoms with van der Waals surface area (Å²) < 4.78 is 45.7. The van der Waals surface area contributed by atoms with Crippen LogP contribution in [0.25, 0.3) is 22.3 Å². The number of nitrogens with one attached hydrogen (secondary N) is 1. The zero-order valence-corrected chi connectivity index (χ0v) is 17.7. The molecule has 32 heavy (non-hydrogen) atoms. The molecule has 1 unspecified atom stereocenters. The van der Waals surface area contributed by atoms with Gasteiger partial charge in [-0.3, -0.25) is 9.48 Å². The molecule has 1 aromatic carbocycles. The number of carbonyl (C=O) groups is 1. The van der Waals surface area contributed by atoms with Gasteiger partial charge in [-0.05, 0) is 39.3 Å². The first-order valence-electron chi connectivity index (χ1n) is 10.1. The Morgan fingerprint density at radius 3 is 2.50 bits per heavy atom. The highest BCUT2D eigenvalue weighted by molar-refractivity contribution is 5.89. The van der Waals surface area contributed by atoms with Gasteiger partial charge in [0.25, 0.3) is 5.56 Å². The molecule has 4 rings (SSSR count). The topological polar surface area (TPSA) is 93.1 Å². The Labute approximate surface area is 181 Å². The minimum Gasteiger partial charge on any atom is -0.444 e. The molecule has 1 N–H and O–H groups in total. The van der Waals surface area contributed by atoms with Crippen molar-refractivity contribution in [3.63, 3.8) is 0 Å². The van der Waals surface area contributed by atoms with Gasteiger partial charge >= 0.3 is 12.3 Å². The molecule has 0 bridgehead atoms. The largest absolute Gasteiger partial charge is 0.444 e. The van der Waals surface area contributed by atoms with E-state index >= 15 is 0 Å². The number of halogens is 3. The quantitative estimate of drug-likeness (QED) is 0.639. The van der Waals surface area contributed by atoms with E-state index in [9.17, 15) is 22.8 Å². The number of carbonyl (C=O) groups excluding carboxylic acids is 1. The highest BCUT2D eigenvalue weighted by Gasteiger charge is 2.34. The van der Waals surface area contributed by atoms with Crippen LogP contribution < -0.4 is 5.56 Å². The number of alkyl halides is 3. The lowest BCUT2D eigenvalue weighted by atomic mass is 10.1. The number of likely N-dealkylation sites (tertiary alicyclic amines) is 1. The fraction of sp³-hybridized carbons (Fsp3) is 0.429. The number of hydrogen-bond donors (Lipinski definition) is 1. The summed E-state index contributed by atoms with van der Waals surface area (Å²) in [4.78, 5) is 33.3. The van der Waals surface area contributed by atoms with E-state index in [1.807, 2.05) is 0 Å². The van der Waals surface area contributed by atoms with Crippen LogP contribution in [0.1, 0.15) is 38.8 Å². The van der Waals surface area contributed by atoms with E-state index in [2.05, 4.69) is 15.1 Å². The molecule has 170 valence electrons. The number of nitrogens with zero attached hydrogens (tertiary/aromatic N) is 4. The Morgan fingerprint density at radius 1 is 1.19 bits per heavy atom. The van der Waals surface area contributed by atoms with Gasteiger partial charge in [0.05, 0.1) is 17.9 Å². The van der Waals surface area contributed by atoms with Crippen molar-refractivity contribution in [2.45, 2.75) is 45.0 Å². The smallest absolute Gasteiger partial charge is 0.416 e. The lowest BCUT2D eigenvalue weighted by Crippen LogP contribution is -2.35. The molecule has 0 aliphatic carbocycles. The molecule has 3 heterocycles. The summed E-state index contributed by atoms with van der Waals surface area (Å²) in [5.74, 6) is 0. The van der Waals surface area contributed by atoms with Crippen molar-refractivity contribution < 1.29 is 22.7 Å². The third-order valence-electron chi connectivity index (χ3n) is 5.14. The first kappa shape index (κ1) is 21.8. The van der Waals surface area contributed by atoms with E-state index in [0.717, 1.165) is 12.1 Å². The number of hydrogen-bond acceptors (Lipinski definition) is 5. The lowest BCUT2D eigenvalue weighted by molar-refractivity contribution is -0.137.